The van der Waals surface area contributed by atoms with Crippen LogP contribution in [0.2, 0.25) is 0 Å². The normalized spacial score (nSPS) is 19.4. The minimum Gasteiger partial charge on any atom is -0.371 e. The van der Waals surface area contributed by atoms with Gasteiger partial charge in [-0.1, -0.05) is 0 Å². The van der Waals surface area contributed by atoms with Crippen LogP contribution in [0.15, 0.2) is 16.7 Å². The average molecular weight is 344 g/mol. The third-order valence-electron chi connectivity index (χ3n) is 2.99. The molecule has 0 aliphatic carbocycles. The summed E-state index contributed by atoms with van der Waals surface area (Å²) in [5.74, 6) is -0.107. The number of hydrogen-bond donors (Lipinski definition) is 0. The lowest BCUT2D eigenvalue weighted by Crippen LogP contribution is -2.30. The predicted molar refractivity (Wildman–Crippen MR) is 80.0 cm³/mol. The van der Waals surface area contributed by atoms with Crippen molar-refractivity contribution in [3.05, 3.63) is 26.9 Å². The highest BCUT2D eigenvalue weighted by molar-refractivity contribution is 9.10. The van der Waals surface area contributed by atoms with Crippen LogP contribution in [0.3, 0.4) is 0 Å². The van der Waals surface area contributed by atoms with Gasteiger partial charge in [0.25, 0.3) is 0 Å². The summed E-state index contributed by atoms with van der Waals surface area (Å²) in [5, 5.41) is 11.1. The van der Waals surface area contributed by atoms with E-state index in [0.717, 1.165) is 17.4 Å². The summed E-state index contributed by atoms with van der Waals surface area (Å²) in [6, 6.07) is 1.74. The first kappa shape index (κ1) is 15.2. The minimum absolute atomic E-state index is 0.0913. The SMILES string of the molecule is CC(C)(C)O[C@H]1CCN(c2cc(Br)cnc2[N+](=O)[O-])C1. The Kier molecular flexibility index (Phi) is 4.29. The lowest BCUT2D eigenvalue weighted by Gasteiger charge is -2.25. The first-order chi connectivity index (χ1) is 9.26. The van der Waals surface area contributed by atoms with Gasteiger partial charge >= 0.3 is 5.82 Å². The van der Waals surface area contributed by atoms with E-state index in [4.69, 9.17) is 4.74 Å². The molecule has 1 aromatic rings. The number of nitrogens with zero attached hydrogens (tertiary/aromatic N) is 3. The van der Waals surface area contributed by atoms with Crippen LogP contribution in [-0.4, -0.2) is 34.7 Å². The fourth-order valence-corrected chi connectivity index (χ4v) is 2.66. The number of anilines is 1. The molecule has 0 N–H and O–H groups in total. The van der Waals surface area contributed by atoms with Gasteiger partial charge in [-0.3, -0.25) is 0 Å². The molecule has 7 heteroatoms. The first-order valence-electron chi connectivity index (χ1n) is 6.49. The van der Waals surface area contributed by atoms with Crippen molar-refractivity contribution >= 4 is 27.4 Å². The molecule has 1 atom stereocenters. The van der Waals surface area contributed by atoms with E-state index in [9.17, 15) is 10.1 Å². The third-order valence-corrected chi connectivity index (χ3v) is 3.43. The maximum atomic E-state index is 11.1. The summed E-state index contributed by atoms with van der Waals surface area (Å²) in [4.78, 5) is 16.5. The summed E-state index contributed by atoms with van der Waals surface area (Å²) >= 11 is 3.31. The zero-order valence-electron chi connectivity index (χ0n) is 11.8. The maximum Gasteiger partial charge on any atom is 0.387 e. The molecule has 6 nitrogen and oxygen atoms in total. The molecule has 0 radical (unpaired) electrons. The molecule has 1 aliphatic heterocycles. The Morgan fingerprint density at radius 3 is 2.85 bits per heavy atom. The highest BCUT2D eigenvalue weighted by Gasteiger charge is 2.31. The average Bonchev–Trinajstić information content (AvgIpc) is 2.74. The van der Waals surface area contributed by atoms with E-state index >= 15 is 0 Å². The van der Waals surface area contributed by atoms with Crippen LogP contribution in [0.4, 0.5) is 11.5 Å². The van der Waals surface area contributed by atoms with Crippen molar-refractivity contribution in [2.75, 3.05) is 18.0 Å². The van der Waals surface area contributed by atoms with Crippen LogP contribution < -0.4 is 4.90 Å². The van der Waals surface area contributed by atoms with Gasteiger partial charge in [-0.2, -0.15) is 0 Å². The molecule has 2 heterocycles. The molecule has 20 heavy (non-hydrogen) atoms. The number of ether oxygens (including phenoxy) is 1. The molecule has 0 saturated carbocycles. The van der Waals surface area contributed by atoms with E-state index in [1.54, 1.807) is 6.07 Å². The number of pyridine rings is 1. The quantitative estimate of drug-likeness (QED) is 0.622. The van der Waals surface area contributed by atoms with Gasteiger partial charge in [0.2, 0.25) is 0 Å². The molecule has 0 aromatic carbocycles. The number of rotatable bonds is 3. The molecule has 0 unspecified atom stereocenters. The Hall–Kier alpha value is -1.21. The second kappa shape index (κ2) is 5.65. The van der Waals surface area contributed by atoms with Crippen LogP contribution in [0.1, 0.15) is 27.2 Å². The smallest absolute Gasteiger partial charge is 0.371 e. The fourth-order valence-electron chi connectivity index (χ4n) is 2.34. The lowest BCUT2D eigenvalue weighted by atomic mass is 10.2. The van der Waals surface area contributed by atoms with Gasteiger partial charge in [0, 0.05) is 13.1 Å². The van der Waals surface area contributed by atoms with Crippen molar-refractivity contribution in [3.8, 4) is 0 Å². The second-order valence-corrected chi connectivity index (χ2v) is 6.76. The van der Waals surface area contributed by atoms with Gasteiger partial charge < -0.3 is 19.8 Å². The van der Waals surface area contributed by atoms with E-state index in [-0.39, 0.29) is 17.5 Å². The highest BCUT2D eigenvalue weighted by atomic mass is 79.9. The number of nitro groups is 1. The molecular formula is C13H18BrN3O3. The Morgan fingerprint density at radius 2 is 2.25 bits per heavy atom. The summed E-state index contributed by atoms with van der Waals surface area (Å²) < 4.78 is 6.67. The van der Waals surface area contributed by atoms with E-state index in [2.05, 4.69) is 20.9 Å². The van der Waals surface area contributed by atoms with E-state index in [1.165, 1.54) is 6.20 Å². The van der Waals surface area contributed by atoms with Crippen molar-refractivity contribution in [2.45, 2.75) is 38.9 Å². The monoisotopic (exact) mass is 343 g/mol. The first-order valence-corrected chi connectivity index (χ1v) is 7.28. The maximum absolute atomic E-state index is 11.1. The summed E-state index contributed by atoms with van der Waals surface area (Å²) in [5.41, 5.74) is 0.340. The molecule has 2 rings (SSSR count). The topological polar surface area (TPSA) is 68.5 Å². The Morgan fingerprint density at radius 1 is 1.55 bits per heavy atom. The second-order valence-electron chi connectivity index (χ2n) is 5.84. The standard InChI is InChI=1S/C13H18BrN3O3/c1-13(2,3)20-10-4-5-16(8-10)11-6-9(14)7-15-12(11)17(18)19/h6-7,10H,4-5,8H2,1-3H3/t10-/m0/s1. The number of halogens is 1. The Bertz CT molecular complexity index is 516. The van der Waals surface area contributed by atoms with Crippen LogP contribution in [0.5, 0.6) is 0 Å². The molecule has 1 fully saturated rings. The molecule has 0 bridgehead atoms. The largest absolute Gasteiger partial charge is 0.387 e. The van der Waals surface area contributed by atoms with Crippen LogP contribution in [0.25, 0.3) is 0 Å². The van der Waals surface area contributed by atoms with Gasteiger partial charge in [0.05, 0.1) is 16.2 Å². The predicted octanol–water partition coefficient (Wildman–Crippen LogP) is 3.15. The van der Waals surface area contributed by atoms with Crippen molar-refractivity contribution in [3.63, 3.8) is 0 Å². The summed E-state index contributed by atoms with van der Waals surface area (Å²) in [7, 11) is 0. The molecule has 1 aromatic heterocycles. The number of aromatic nitrogens is 1. The summed E-state index contributed by atoms with van der Waals surface area (Å²) in [6.45, 7) is 7.42. The van der Waals surface area contributed by atoms with E-state index in [0.29, 0.717) is 12.2 Å². The van der Waals surface area contributed by atoms with Crippen molar-refractivity contribution in [1.29, 1.82) is 0 Å². The molecule has 1 aliphatic rings. The molecule has 110 valence electrons. The lowest BCUT2D eigenvalue weighted by molar-refractivity contribution is -0.388. The van der Waals surface area contributed by atoms with Gasteiger partial charge in [0.15, 0.2) is 6.20 Å². The molecule has 0 spiro atoms. The van der Waals surface area contributed by atoms with E-state index in [1.807, 2.05) is 25.7 Å². The minimum atomic E-state index is -0.445. The zero-order valence-corrected chi connectivity index (χ0v) is 13.4. The summed E-state index contributed by atoms with van der Waals surface area (Å²) in [6.07, 6.45) is 2.40. The van der Waals surface area contributed by atoms with Gasteiger partial charge in [-0.25, -0.2) is 0 Å². The highest BCUT2D eigenvalue weighted by Crippen LogP contribution is 2.32. The van der Waals surface area contributed by atoms with Crippen LogP contribution in [-0.2, 0) is 4.74 Å². The van der Waals surface area contributed by atoms with Crippen LogP contribution >= 0.6 is 15.9 Å². The van der Waals surface area contributed by atoms with Crippen molar-refractivity contribution < 1.29 is 9.66 Å². The van der Waals surface area contributed by atoms with Gasteiger partial charge in [-0.05, 0) is 59.1 Å². The Balaban J connectivity index is 2.17. The third kappa shape index (κ3) is 3.67. The van der Waals surface area contributed by atoms with Crippen molar-refractivity contribution in [1.82, 2.24) is 4.98 Å². The van der Waals surface area contributed by atoms with Crippen LogP contribution in [0, 0.1) is 10.1 Å². The van der Waals surface area contributed by atoms with Gasteiger partial charge in [-0.15, -0.1) is 0 Å². The molecule has 1 saturated heterocycles. The molecular weight excluding hydrogens is 326 g/mol. The van der Waals surface area contributed by atoms with E-state index < -0.39 is 4.92 Å². The molecule has 0 amide bonds. The zero-order chi connectivity index (χ0) is 14.9. The van der Waals surface area contributed by atoms with Gasteiger partial charge in [0.1, 0.15) is 5.69 Å². The number of hydrogen-bond acceptors (Lipinski definition) is 5. The fraction of sp³-hybridized carbons (Fsp3) is 0.615. The Labute approximate surface area is 126 Å². The van der Waals surface area contributed by atoms with Crippen molar-refractivity contribution in [2.24, 2.45) is 0 Å².